The summed E-state index contributed by atoms with van der Waals surface area (Å²) in [7, 11) is 6.85. The van der Waals surface area contributed by atoms with Gasteiger partial charge in [0.15, 0.2) is 18.4 Å². The van der Waals surface area contributed by atoms with Gasteiger partial charge in [-0.2, -0.15) is 0 Å². The summed E-state index contributed by atoms with van der Waals surface area (Å²) in [5, 5.41) is 11.0. The molecule has 0 radical (unpaired) electrons. The molecular weight excluding hydrogens is 704 g/mol. The lowest BCUT2D eigenvalue weighted by molar-refractivity contribution is -0.309. The molecule has 13 nitrogen and oxygen atoms in total. The van der Waals surface area contributed by atoms with Gasteiger partial charge in [-0.15, -0.1) is 0 Å². The molecule has 1 amide bonds. The van der Waals surface area contributed by atoms with Crippen LogP contribution in [0.25, 0.3) is 0 Å². The van der Waals surface area contributed by atoms with Crippen LogP contribution in [-0.2, 0) is 39.9 Å². The van der Waals surface area contributed by atoms with Crippen LogP contribution in [-0.4, -0.2) is 153 Å². The quantitative estimate of drug-likeness (QED) is 0.108. The molecule has 1 unspecified atom stereocenters. The molecule has 0 aromatic heterocycles. The summed E-state index contributed by atoms with van der Waals surface area (Å²) in [5.41, 5.74) is -0.442. The van der Waals surface area contributed by atoms with Gasteiger partial charge in [0.25, 0.3) is 0 Å². The number of piperazine rings is 1. The van der Waals surface area contributed by atoms with Gasteiger partial charge in [-0.1, -0.05) is 46.2 Å². The van der Waals surface area contributed by atoms with Crippen LogP contribution >= 0.6 is 0 Å². The molecule has 0 saturated carbocycles. The molecule has 0 aliphatic carbocycles. The third kappa shape index (κ3) is 12.7. The van der Waals surface area contributed by atoms with E-state index in [-0.39, 0.29) is 18.1 Å². The first-order valence-electron chi connectivity index (χ1n) is 20.3. The van der Waals surface area contributed by atoms with Crippen molar-refractivity contribution in [1.29, 1.82) is 0 Å². The minimum atomic E-state index is -1.59. The van der Waals surface area contributed by atoms with E-state index in [0.717, 1.165) is 37.1 Å². The highest BCUT2D eigenvalue weighted by molar-refractivity contribution is 6.04. The Labute approximate surface area is 330 Å². The third-order valence-electron chi connectivity index (χ3n) is 11.2. The number of methoxy groups -OCH3 is 2. The Bertz CT molecular complexity index is 1350. The fraction of sp³-hybridized carbons (Fsp3) is 0.786. The maximum absolute atomic E-state index is 14.6. The van der Waals surface area contributed by atoms with E-state index in [0.29, 0.717) is 51.6 Å². The number of ether oxygens (including phenoxy) is 5. The van der Waals surface area contributed by atoms with Crippen molar-refractivity contribution < 1.29 is 43.2 Å². The predicted molar refractivity (Wildman–Crippen MR) is 212 cm³/mol. The molecule has 2 saturated heterocycles. The van der Waals surface area contributed by atoms with Gasteiger partial charge in [-0.05, 0) is 91.2 Å². The van der Waals surface area contributed by atoms with E-state index in [9.17, 15) is 19.5 Å². The second kappa shape index (κ2) is 21.8. The minimum absolute atomic E-state index is 0.0693. The number of aliphatic hydroxyl groups is 1. The third-order valence-corrected chi connectivity index (χ3v) is 11.2. The Kier molecular flexibility index (Phi) is 18.5. The number of benzene rings is 1. The van der Waals surface area contributed by atoms with Crippen LogP contribution < -0.4 is 4.74 Å². The fourth-order valence-corrected chi connectivity index (χ4v) is 7.95. The van der Waals surface area contributed by atoms with E-state index < -0.39 is 53.9 Å². The summed E-state index contributed by atoms with van der Waals surface area (Å²) in [4.78, 5) is 51.0. The highest BCUT2D eigenvalue weighted by atomic mass is 16.8. The van der Waals surface area contributed by atoms with E-state index in [1.54, 1.807) is 21.0 Å². The molecule has 2 aliphatic heterocycles. The van der Waals surface area contributed by atoms with E-state index in [4.69, 9.17) is 23.7 Å². The number of likely N-dealkylation sites (N-methyl/N-ethyl adjacent to an activating group) is 1. The first-order chi connectivity index (χ1) is 26.0. The number of aliphatic hydroxyl groups excluding tert-OH is 1. The van der Waals surface area contributed by atoms with Gasteiger partial charge < -0.3 is 38.6 Å². The summed E-state index contributed by atoms with van der Waals surface area (Å²) < 4.78 is 29.2. The van der Waals surface area contributed by atoms with Gasteiger partial charge >= 0.3 is 5.97 Å². The van der Waals surface area contributed by atoms with Gasteiger partial charge in [0.05, 0.1) is 19.1 Å². The number of hydrogen-bond donors (Lipinski definition) is 1. The lowest BCUT2D eigenvalue weighted by atomic mass is 9.81. The van der Waals surface area contributed by atoms with Gasteiger partial charge in [0.2, 0.25) is 5.91 Å². The second-order valence-electron chi connectivity index (χ2n) is 16.5. The van der Waals surface area contributed by atoms with Crippen molar-refractivity contribution in [2.45, 2.75) is 131 Å². The van der Waals surface area contributed by atoms with Crippen LogP contribution in [0.1, 0.15) is 86.6 Å². The molecule has 1 N–H and O–H groups in total. The van der Waals surface area contributed by atoms with Crippen molar-refractivity contribution in [2.75, 3.05) is 67.6 Å². The number of carbonyl (C=O) groups excluding carboxylic acids is 3. The molecule has 55 heavy (non-hydrogen) atoms. The van der Waals surface area contributed by atoms with Crippen molar-refractivity contribution in [2.24, 2.45) is 17.3 Å². The zero-order valence-electron chi connectivity index (χ0n) is 35.8. The number of hydrogen-bond acceptors (Lipinski definition) is 12. The number of ketones is 1. The van der Waals surface area contributed by atoms with Crippen molar-refractivity contribution in [1.82, 2.24) is 19.6 Å². The Hall–Kier alpha value is -2.65. The van der Waals surface area contributed by atoms with Gasteiger partial charge in [0, 0.05) is 52.4 Å². The number of nitrogens with zero attached hydrogens (tertiary/aromatic N) is 4. The molecule has 314 valence electrons. The SMILES string of the molecule is CCC[C@@H](C)CN(CCC)[C@@H](C(=O)N1CCN(Cc2cccc(OC)c2)CC1)[C@H](C)OC(=O)C(C)(C)C(=O)[C@H](C)C(OC)O[C@@H]1O[C@H](C)C[C@H](N(C)C)[C@H]1O. The number of rotatable bonds is 21. The molecule has 2 aliphatic rings. The van der Waals surface area contributed by atoms with Gasteiger partial charge in [-0.25, -0.2) is 0 Å². The molecule has 13 heteroatoms. The summed E-state index contributed by atoms with van der Waals surface area (Å²) in [5.74, 6) is -0.996. The van der Waals surface area contributed by atoms with Gasteiger partial charge in [-0.3, -0.25) is 24.2 Å². The zero-order chi connectivity index (χ0) is 41.0. The molecular formula is C42H72N4O9. The van der Waals surface area contributed by atoms with Crippen molar-refractivity contribution in [3.63, 3.8) is 0 Å². The van der Waals surface area contributed by atoms with E-state index in [1.807, 2.05) is 49.0 Å². The molecule has 3 rings (SSSR count). The average Bonchev–Trinajstić information content (AvgIpc) is 3.14. The first kappa shape index (κ1) is 46.7. The maximum Gasteiger partial charge on any atom is 0.319 e. The summed E-state index contributed by atoms with van der Waals surface area (Å²) in [6.45, 7) is 19.5. The molecule has 0 bridgehead atoms. The topological polar surface area (TPSA) is 131 Å². The van der Waals surface area contributed by atoms with Gasteiger partial charge in [0.1, 0.15) is 29.4 Å². The lowest BCUT2D eigenvalue weighted by Gasteiger charge is -2.42. The van der Waals surface area contributed by atoms with E-state index in [2.05, 4.69) is 36.6 Å². The molecule has 1 aromatic rings. The number of Topliss-reactive ketones (excluding diaryl/α,β-unsaturated/α-hetero) is 1. The Morgan fingerprint density at radius 1 is 1.04 bits per heavy atom. The van der Waals surface area contributed by atoms with E-state index >= 15 is 0 Å². The number of esters is 1. The van der Waals surface area contributed by atoms with Crippen molar-refractivity contribution >= 4 is 17.7 Å². The molecule has 9 atom stereocenters. The summed E-state index contributed by atoms with van der Waals surface area (Å²) >= 11 is 0. The lowest BCUT2D eigenvalue weighted by Crippen LogP contribution is -2.59. The van der Waals surface area contributed by atoms with Crippen LogP contribution in [0.3, 0.4) is 0 Å². The Balaban J connectivity index is 1.77. The minimum Gasteiger partial charge on any atom is -0.497 e. The smallest absolute Gasteiger partial charge is 0.319 e. The molecule has 2 fully saturated rings. The van der Waals surface area contributed by atoms with Crippen LogP contribution in [0.2, 0.25) is 0 Å². The number of carbonyl (C=O) groups is 3. The Morgan fingerprint density at radius 3 is 2.29 bits per heavy atom. The zero-order valence-corrected chi connectivity index (χ0v) is 35.8. The highest BCUT2D eigenvalue weighted by Gasteiger charge is 2.47. The van der Waals surface area contributed by atoms with Crippen LogP contribution in [0.5, 0.6) is 5.75 Å². The van der Waals surface area contributed by atoms with Crippen molar-refractivity contribution in [3.05, 3.63) is 29.8 Å². The molecule has 1 aromatic carbocycles. The predicted octanol–water partition coefficient (Wildman–Crippen LogP) is 4.43. The van der Waals surface area contributed by atoms with Crippen molar-refractivity contribution in [3.8, 4) is 5.75 Å². The Morgan fingerprint density at radius 2 is 1.71 bits per heavy atom. The fourth-order valence-electron chi connectivity index (χ4n) is 7.95. The average molecular weight is 777 g/mol. The standard InChI is InChI=1S/C42H72N4O9/c1-13-16-28(3)26-46(19-14-2)35(38(49)45-22-20-44(21-23-45)27-32-17-15-18-33(25-32)51-11)31(6)54-41(50)42(7,8)37(48)30(5)39(52-12)55-40-36(47)34(43(9)10)24-29(4)53-40/h15,17-18,25,28-31,34-36,39-40,47H,13-14,16,19-24,26-27H2,1-12H3/t28-,29-,30+,31+,34+,35-,36-,39?,40+/m1/s1. The van der Waals surface area contributed by atoms with Crippen LogP contribution in [0.4, 0.5) is 0 Å². The van der Waals surface area contributed by atoms with Crippen LogP contribution in [0.15, 0.2) is 24.3 Å². The normalized spacial score (nSPS) is 23.9. The first-order valence-corrected chi connectivity index (χ1v) is 20.3. The van der Waals surface area contributed by atoms with E-state index in [1.165, 1.54) is 21.0 Å². The highest BCUT2D eigenvalue weighted by Crippen LogP contribution is 2.31. The summed E-state index contributed by atoms with van der Waals surface area (Å²) in [6, 6.07) is 7.11. The summed E-state index contributed by atoms with van der Waals surface area (Å²) in [6.07, 6.45) is -0.626. The number of amides is 1. The molecule has 2 heterocycles. The monoisotopic (exact) mass is 777 g/mol. The maximum atomic E-state index is 14.6. The second-order valence-corrected chi connectivity index (χ2v) is 16.5. The molecule has 0 spiro atoms. The largest absolute Gasteiger partial charge is 0.497 e. The van der Waals surface area contributed by atoms with Crippen LogP contribution in [0, 0.1) is 17.3 Å².